The summed E-state index contributed by atoms with van der Waals surface area (Å²) in [5.74, 6) is -2.21. The Morgan fingerprint density at radius 2 is 1.96 bits per heavy atom. The van der Waals surface area contributed by atoms with Crippen molar-refractivity contribution in [2.75, 3.05) is 14.2 Å². The number of methoxy groups -OCH3 is 2. The molecule has 1 fully saturated rings. The first-order valence-electron chi connectivity index (χ1n) is 6.66. The van der Waals surface area contributed by atoms with Gasteiger partial charge in [0.05, 0.1) is 19.3 Å². The van der Waals surface area contributed by atoms with Crippen molar-refractivity contribution in [3.63, 3.8) is 0 Å². The number of fused-ring (bicyclic) bond motifs is 1. The van der Waals surface area contributed by atoms with Gasteiger partial charge in [0, 0.05) is 26.0 Å². The highest BCUT2D eigenvalue weighted by atomic mass is 32.2. The third-order valence-electron chi connectivity index (χ3n) is 3.80. The number of esters is 1. The monoisotopic (exact) mass is 373 g/mol. The maximum Gasteiger partial charge on any atom is 0.534 e. The van der Waals surface area contributed by atoms with Crippen molar-refractivity contribution in [2.24, 2.45) is 0 Å². The molecule has 2 aliphatic rings. The number of halogens is 3. The second-order valence-corrected chi connectivity index (χ2v) is 6.70. The third-order valence-corrected chi connectivity index (χ3v) is 4.80. The molecule has 0 radical (unpaired) electrons. The van der Waals surface area contributed by atoms with Crippen molar-refractivity contribution in [1.29, 1.82) is 0 Å². The fraction of sp³-hybridized carbons (Fsp3) is 0.667. The Morgan fingerprint density at radius 1 is 1.33 bits per heavy atom. The van der Waals surface area contributed by atoms with Crippen molar-refractivity contribution >= 4 is 22.0 Å². The number of ether oxygens (including phenoxy) is 2. The molecular weight excluding hydrogens is 359 g/mol. The summed E-state index contributed by atoms with van der Waals surface area (Å²) in [6.45, 7) is 0. The van der Waals surface area contributed by atoms with Crippen molar-refractivity contribution in [3.8, 4) is 0 Å². The summed E-state index contributed by atoms with van der Waals surface area (Å²) in [5, 5.41) is 0. The number of nitrogens with zero attached hydrogens (tertiary/aromatic N) is 1. The van der Waals surface area contributed by atoms with E-state index in [4.69, 9.17) is 4.74 Å². The Bertz CT molecular complexity index is 673. The number of carbonyl (C=O) groups excluding carboxylic acids is 2. The van der Waals surface area contributed by atoms with Gasteiger partial charge in [0.25, 0.3) is 5.91 Å². The van der Waals surface area contributed by atoms with Crippen LogP contribution in [0.5, 0.6) is 0 Å². The Balaban J connectivity index is 2.29. The molecular formula is C12H14F3NO7S. The normalized spacial score (nSPS) is 27.5. The minimum absolute atomic E-state index is 0.0761. The molecule has 8 nitrogen and oxygen atoms in total. The van der Waals surface area contributed by atoms with Gasteiger partial charge in [-0.05, 0) is 0 Å². The lowest BCUT2D eigenvalue weighted by Gasteiger charge is -2.33. The van der Waals surface area contributed by atoms with Crippen LogP contribution < -0.4 is 0 Å². The molecule has 1 amide bonds. The number of amides is 1. The first-order chi connectivity index (χ1) is 11.0. The quantitative estimate of drug-likeness (QED) is 0.397. The van der Waals surface area contributed by atoms with E-state index in [0.717, 1.165) is 12.0 Å². The van der Waals surface area contributed by atoms with E-state index >= 15 is 0 Å². The van der Waals surface area contributed by atoms with Gasteiger partial charge in [-0.25, -0.2) is 4.79 Å². The van der Waals surface area contributed by atoms with Crippen molar-refractivity contribution in [2.45, 2.75) is 36.5 Å². The molecule has 0 aromatic carbocycles. The lowest BCUT2D eigenvalue weighted by molar-refractivity contribution is -0.151. The van der Waals surface area contributed by atoms with Crippen LogP contribution in [0.15, 0.2) is 11.8 Å². The average Bonchev–Trinajstić information content (AvgIpc) is 2.84. The van der Waals surface area contributed by atoms with E-state index in [-0.39, 0.29) is 12.8 Å². The molecule has 0 aromatic heterocycles. The lowest BCUT2D eigenvalue weighted by Crippen LogP contribution is -2.48. The summed E-state index contributed by atoms with van der Waals surface area (Å²) in [7, 11) is -3.44. The SMILES string of the molecule is COC(=O)[C@@H]1C[C@@H](OC)C2CC(OS(=O)(=O)C(F)(F)F)=CC(=O)N21. The highest BCUT2D eigenvalue weighted by Gasteiger charge is 2.52. The van der Waals surface area contributed by atoms with Crippen LogP contribution in [0.4, 0.5) is 13.2 Å². The molecule has 2 rings (SSSR count). The molecule has 0 bridgehead atoms. The fourth-order valence-electron chi connectivity index (χ4n) is 2.77. The summed E-state index contributed by atoms with van der Waals surface area (Å²) in [4.78, 5) is 25.0. The number of alkyl halides is 3. The van der Waals surface area contributed by atoms with E-state index in [1.165, 1.54) is 7.11 Å². The zero-order chi connectivity index (χ0) is 18.3. The molecule has 3 atom stereocenters. The van der Waals surface area contributed by atoms with Gasteiger partial charge >= 0.3 is 21.6 Å². The Kier molecular flexibility index (Phi) is 4.81. The molecule has 0 aromatic rings. The molecule has 2 heterocycles. The lowest BCUT2D eigenvalue weighted by atomic mass is 10.0. The second-order valence-electron chi connectivity index (χ2n) is 5.16. The summed E-state index contributed by atoms with van der Waals surface area (Å²) in [6, 6.07) is -1.80. The minimum atomic E-state index is -5.88. The van der Waals surface area contributed by atoms with Crippen LogP contribution in [0.3, 0.4) is 0 Å². The predicted octanol–water partition coefficient (Wildman–Crippen LogP) is 0.298. The Labute approximate surface area is 135 Å². The Hall–Kier alpha value is -1.82. The first kappa shape index (κ1) is 18.5. The van der Waals surface area contributed by atoms with Crippen molar-refractivity contribution in [1.82, 2.24) is 4.90 Å². The van der Waals surface area contributed by atoms with E-state index in [1.54, 1.807) is 0 Å². The van der Waals surface area contributed by atoms with Crippen LogP contribution in [0.1, 0.15) is 12.8 Å². The number of hydrogen-bond acceptors (Lipinski definition) is 7. The highest BCUT2D eigenvalue weighted by molar-refractivity contribution is 7.87. The molecule has 0 aliphatic carbocycles. The molecule has 136 valence electrons. The number of rotatable bonds is 4. The van der Waals surface area contributed by atoms with E-state index < -0.39 is 51.4 Å². The fourth-order valence-corrected chi connectivity index (χ4v) is 3.26. The van der Waals surface area contributed by atoms with Crippen molar-refractivity contribution < 1.29 is 44.8 Å². The maximum absolute atomic E-state index is 12.4. The van der Waals surface area contributed by atoms with E-state index in [0.29, 0.717) is 6.08 Å². The van der Waals surface area contributed by atoms with Crippen molar-refractivity contribution in [3.05, 3.63) is 11.8 Å². The van der Waals surface area contributed by atoms with E-state index in [9.17, 15) is 31.2 Å². The molecule has 24 heavy (non-hydrogen) atoms. The van der Waals surface area contributed by atoms with Crippen LogP contribution in [0.25, 0.3) is 0 Å². The smallest absolute Gasteiger partial charge is 0.467 e. The van der Waals surface area contributed by atoms with Gasteiger partial charge < -0.3 is 18.6 Å². The summed E-state index contributed by atoms with van der Waals surface area (Å²) in [6.07, 6.45) is -0.327. The van der Waals surface area contributed by atoms with Gasteiger partial charge in [-0.1, -0.05) is 0 Å². The van der Waals surface area contributed by atoms with Gasteiger partial charge in [-0.3, -0.25) is 4.79 Å². The van der Waals surface area contributed by atoms with E-state index in [2.05, 4.69) is 8.92 Å². The molecule has 12 heteroatoms. The van der Waals surface area contributed by atoms with Gasteiger partial charge in [-0.2, -0.15) is 21.6 Å². The van der Waals surface area contributed by atoms with Gasteiger partial charge in [0.1, 0.15) is 11.8 Å². The number of carbonyl (C=O) groups is 2. The standard InChI is InChI=1S/C12H14F3NO7S/c1-21-9-5-8(11(18)22-2)16-7(9)3-6(4-10(16)17)23-24(19,20)12(13,14)15/h4,7-9H,3,5H2,1-2H3/t7?,8-,9+/m0/s1. The van der Waals surface area contributed by atoms with Gasteiger partial charge in [0.2, 0.25) is 0 Å². The molecule has 0 N–H and O–H groups in total. The topological polar surface area (TPSA) is 99.2 Å². The molecule has 2 aliphatic heterocycles. The molecule has 1 saturated heterocycles. The summed E-state index contributed by atoms with van der Waals surface area (Å²) >= 11 is 0. The van der Waals surface area contributed by atoms with Crippen LogP contribution in [-0.2, 0) is 33.4 Å². The molecule has 0 spiro atoms. The first-order valence-corrected chi connectivity index (χ1v) is 8.07. The second kappa shape index (κ2) is 6.24. The summed E-state index contributed by atoms with van der Waals surface area (Å²) < 4.78 is 73.1. The average molecular weight is 373 g/mol. The summed E-state index contributed by atoms with van der Waals surface area (Å²) in [5.41, 5.74) is -5.61. The number of hydrogen-bond donors (Lipinski definition) is 0. The minimum Gasteiger partial charge on any atom is -0.467 e. The van der Waals surface area contributed by atoms with Crippen LogP contribution in [0.2, 0.25) is 0 Å². The van der Waals surface area contributed by atoms with Crippen LogP contribution >= 0.6 is 0 Å². The third kappa shape index (κ3) is 3.20. The largest absolute Gasteiger partial charge is 0.534 e. The highest BCUT2D eigenvalue weighted by Crippen LogP contribution is 2.37. The van der Waals surface area contributed by atoms with Gasteiger partial charge in [0.15, 0.2) is 0 Å². The zero-order valence-electron chi connectivity index (χ0n) is 12.6. The van der Waals surface area contributed by atoms with Crippen LogP contribution in [-0.4, -0.2) is 63.1 Å². The molecule has 1 unspecified atom stereocenters. The Morgan fingerprint density at radius 3 is 2.46 bits per heavy atom. The van der Waals surface area contributed by atoms with Gasteiger partial charge in [-0.15, -0.1) is 0 Å². The van der Waals surface area contributed by atoms with E-state index in [1.807, 2.05) is 0 Å². The predicted molar refractivity (Wildman–Crippen MR) is 70.6 cm³/mol. The zero-order valence-corrected chi connectivity index (χ0v) is 13.4. The maximum atomic E-state index is 12.4. The van der Waals surface area contributed by atoms with Crippen LogP contribution in [0, 0.1) is 0 Å². The molecule has 0 saturated carbocycles.